The van der Waals surface area contributed by atoms with Crippen LogP contribution in [-0.2, 0) is 11.3 Å². The minimum absolute atomic E-state index is 0. The van der Waals surface area contributed by atoms with E-state index in [1.807, 2.05) is 32.2 Å². The summed E-state index contributed by atoms with van der Waals surface area (Å²) in [5.41, 5.74) is 6.88. The monoisotopic (exact) mass is 309 g/mol. The number of aromatic nitrogens is 3. The first-order valence-corrected chi connectivity index (χ1v) is 6.55. The number of rotatable bonds is 5. The highest BCUT2D eigenvalue weighted by Gasteiger charge is 2.17. The van der Waals surface area contributed by atoms with Gasteiger partial charge in [0.05, 0.1) is 12.6 Å². The lowest BCUT2D eigenvalue weighted by Gasteiger charge is -2.13. The minimum atomic E-state index is -0.527. The van der Waals surface area contributed by atoms with Gasteiger partial charge in [0.1, 0.15) is 0 Å². The van der Waals surface area contributed by atoms with Gasteiger partial charge in [-0.25, -0.2) is 0 Å². The van der Waals surface area contributed by atoms with Gasteiger partial charge in [0.25, 0.3) is 0 Å². The molecule has 2 heterocycles. The molecule has 3 N–H and O–H groups in total. The van der Waals surface area contributed by atoms with Gasteiger partial charge in [-0.15, -0.1) is 12.4 Å². The number of amides is 1. The Hall–Kier alpha value is -1.92. The number of nitrogens with zero attached hydrogens (tertiary/aromatic N) is 3. The Balaban J connectivity index is 0.00000220. The van der Waals surface area contributed by atoms with Gasteiger partial charge in [-0.2, -0.15) is 5.10 Å². The predicted octanol–water partition coefficient (Wildman–Crippen LogP) is 1.67. The zero-order valence-corrected chi connectivity index (χ0v) is 12.9. The topological polar surface area (TPSA) is 85.8 Å². The highest BCUT2D eigenvalue weighted by atomic mass is 35.5. The normalized spacial score (nSPS) is 11.8. The van der Waals surface area contributed by atoms with E-state index in [0.717, 1.165) is 5.56 Å². The second-order valence-corrected chi connectivity index (χ2v) is 5.01. The number of anilines is 1. The maximum atomic E-state index is 11.8. The van der Waals surface area contributed by atoms with Crippen molar-refractivity contribution >= 4 is 24.1 Å². The molecule has 1 atom stereocenters. The first-order valence-electron chi connectivity index (χ1n) is 6.55. The van der Waals surface area contributed by atoms with E-state index in [1.165, 1.54) is 0 Å². The van der Waals surface area contributed by atoms with Crippen LogP contribution in [0.3, 0.4) is 0 Å². The lowest BCUT2D eigenvalue weighted by atomic mass is 10.1. The van der Waals surface area contributed by atoms with Crippen LogP contribution in [0, 0.1) is 5.92 Å². The molecule has 0 aliphatic rings. The first-order chi connectivity index (χ1) is 9.56. The Kier molecular flexibility index (Phi) is 6.33. The number of hydrogen-bond donors (Lipinski definition) is 2. The van der Waals surface area contributed by atoms with Crippen molar-refractivity contribution in [3.63, 3.8) is 0 Å². The van der Waals surface area contributed by atoms with E-state index >= 15 is 0 Å². The number of nitrogens with two attached hydrogens (primary N) is 1. The van der Waals surface area contributed by atoms with Crippen LogP contribution in [0.4, 0.5) is 5.82 Å². The second-order valence-electron chi connectivity index (χ2n) is 5.01. The highest BCUT2D eigenvalue weighted by molar-refractivity contribution is 5.93. The summed E-state index contributed by atoms with van der Waals surface area (Å²) in [5.74, 6) is 0.392. The fourth-order valence-corrected chi connectivity index (χ4v) is 1.70. The fourth-order valence-electron chi connectivity index (χ4n) is 1.70. The van der Waals surface area contributed by atoms with Crippen molar-refractivity contribution in [1.29, 1.82) is 0 Å². The molecule has 2 rings (SSSR count). The molecule has 7 heteroatoms. The Labute approximate surface area is 130 Å². The van der Waals surface area contributed by atoms with E-state index in [-0.39, 0.29) is 24.2 Å². The number of carbonyl (C=O) groups excluding carboxylic acids is 1. The summed E-state index contributed by atoms with van der Waals surface area (Å²) >= 11 is 0. The molecule has 0 saturated heterocycles. The maximum Gasteiger partial charge on any atom is 0.242 e. The summed E-state index contributed by atoms with van der Waals surface area (Å²) in [7, 11) is 0. The van der Waals surface area contributed by atoms with Crippen LogP contribution < -0.4 is 11.1 Å². The number of carbonyl (C=O) groups is 1. The van der Waals surface area contributed by atoms with E-state index < -0.39 is 6.04 Å². The van der Waals surface area contributed by atoms with Crippen LogP contribution in [0.5, 0.6) is 0 Å². The molecule has 0 aliphatic carbocycles. The molecule has 0 saturated carbocycles. The van der Waals surface area contributed by atoms with Crippen molar-refractivity contribution in [1.82, 2.24) is 14.8 Å². The molecule has 0 unspecified atom stereocenters. The number of hydrogen-bond acceptors (Lipinski definition) is 4. The molecule has 2 aromatic rings. The summed E-state index contributed by atoms with van der Waals surface area (Å²) in [6.45, 7) is 4.45. The molecule has 6 nitrogen and oxygen atoms in total. The first kappa shape index (κ1) is 17.1. The smallest absolute Gasteiger partial charge is 0.242 e. The molecular weight excluding hydrogens is 290 g/mol. The van der Waals surface area contributed by atoms with Gasteiger partial charge in [0.2, 0.25) is 5.91 Å². The third-order valence-electron chi connectivity index (χ3n) is 3.01. The Bertz CT molecular complexity index is 570. The predicted molar refractivity (Wildman–Crippen MR) is 84.3 cm³/mol. The zero-order valence-electron chi connectivity index (χ0n) is 12.1. The molecule has 0 radical (unpaired) electrons. The molecule has 0 bridgehead atoms. The average Bonchev–Trinajstić information content (AvgIpc) is 2.86. The Morgan fingerprint density at radius 1 is 1.33 bits per heavy atom. The van der Waals surface area contributed by atoms with Gasteiger partial charge in [-0.05, 0) is 23.6 Å². The third-order valence-corrected chi connectivity index (χ3v) is 3.01. The molecule has 21 heavy (non-hydrogen) atoms. The largest absolute Gasteiger partial charge is 0.320 e. The summed E-state index contributed by atoms with van der Waals surface area (Å²) in [4.78, 5) is 15.8. The lowest BCUT2D eigenvalue weighted by molar-refractivity contribution is -0.118. The molecule has 0 fully saturated rings. The molecule has 0 spiro atoms. The van der Waals surface area contributed by atoms with E-state index in [2.05, 4.69) is 15.4 Å². The molecule has 0 aromatic carbocycles. The van der Waals surface area contributed by atoms with Crippen molar-refractivity contribution in [2.45, 2.75) is 26.4 Å². The summed E-state index contributed by atoms with van der Waals surface area (Å²) in [6.07, 6.45) is 5.29. The average molecular weight is 310 g/mol. The Morgan fingerprint density at radius 2 is 2.00 bits per heavy atom. The molecule has 1 amide bonds. The zero-order chi connectivity index (χ0) is 14.5. The third kappa shape index (κ3) is 4.84. The molecule has 0 aliphatic heterocycles. The van der Waals surface area contributed by atoms with Crippen LogP contribution in [0.15, 0.2) is 36.8 Å². The molecule has 2 aromatic heterocycles. The standard InChI is InChI=1S/C14H19N5O.ClH/c1-10(2)13(15)14(20)17-12-5-8-19(18-12)9-11-3-6-16-7-4-11;/h3-8,10,13H,9,15H2,1-2H3,(H,17,18,20);1H/t13-;/m0./s1. The van der Waals surface area contributed by atoms with Gasteiger partial charge in [-0.3, -0.25) is 14.5 Å². The van der Waals surface area contributed by atoms with Gasteiger partial charge in [0.15, 0.2) is 5.82 Å². The van der Waals surface area contributed by atoms with Crippen molar-refractivity contribution in [2.24, 2.45) is 11.7 Å². The second kappa shape index (κ2) is 7.75. The summed E-state index contributed by atoms with van der Waals surface area (Å²) in [5, 5.41) is 7.02. The van der Waals surface area contributed by atoms with E-state index in [0.29, 0.717) is 12.4 Å². The van der Waals surface area contributed by atoms with E-state index in [4.69, 9.17) is 5.73 Å². The van der Waals surface area contributed by atoms with Gasteiger partial charge in [-0.1, -0.05) is 13.8 Å². The van der Waals surface area contributed by atoms with Crippen LogP contribution in [0.2, 0.25) is 0 Å². The molecule has 114 valence electrons. The number of pyridine rings is 1. The maximum absolute atomic E-state index is 11.8. The highest BCUT2D eigenvalue weighted by Crippen LogP contribution is 2.07. The van der Waals surface area contributed by atoms with Crippen molar-refractivity contribution in [2.75, 3.05) is 5.32 Å². The number of nitrogens with one attached hydrogen (secondary N) is 1. The summed E-state index contributed by atoms with van der Waals surface area (Å²) in [6, 6.07) is 5.08. The fraction of sp³-hybridized carbons (Fsp3) is 0.357. The van der Waals surface area contributed by atoms with Crippen LogP contribution in [0.25, 0.3) is 0 Å². The van der Waals surface area contributed by atoms with Crippen LogP contribution in [-0.4, -0.2) is 26.7 Å². The minimum Gasteiger partial charge on any atom is -0.320 e. The van der Waals surface area contributed by atoms with Crippen LogP contribution in [0.1, 0.15) is 19.4 Å². The number of halogens is 1. The lowest BCUT2D eigenvalue weighted by Crippen LogP contribution is -2.39. The SMILES string of the molecule is CC(C)[C@H](N)C(=O)Nc1ccn(Cc2ccncc2)n1.Cl. The van der Waals surface area contributed by atoms with Crippen molar-refractivity contribution < 1.29 is 4.79 Å². The van der Waals surface area contributed by atoms with Crippen molar-refractivity contribution in [3.8, 4) is 0 Å². The van der Waals surface area contributed by atoms with E-state index in [1.54, 1.807) is 23.1 Å². The Morgan fingerprint density at radius 3 is 2.62 bits per heavy atom. The van der Waals surface area contributed by atoms with Gasteiger partial charge < -0.3 is 11.1 Å². The quantitative estimate of drug-likeness (QED) is 0.879. The molecular formula is C14H20ClN5O. The van der Waals surface area contributed by atoms with Crippen LogP contribution >= 0.6 is 12.4 Å². The van der Waals surface area contributed by atoms with Crippen molar-refractivity contribution in [3.05, 3.63) is 42.4 Å². The van der Waals surface area contributed by atoms with Gasteiger partial charge in [0, 0.05) is 24.7 Å². The summed E-state index contributed by atoms with van der Waals surface area (Å²) < 4.78 is 1.76. The van der Waals surface area contributed by atoms with E-state index in [9.17, 15) is 4.79 Å². The van der Waals surface area contributed by atoms with Gasteiger partial charge >= 0.3 is 0 Å².